The number of sulfonamides is 1. The first kappa shape index (κ1) is 16.2. The summed E-state index contributed by atoms with van der Waals surface area (Å²) in [5.74, 6) is -0.647. The van der Waals surface area contributed by atoms with E-state index in [0.717, 1.165) is 0 Å². The number of ether oxygens (including phenoxy) is 1. The van der Waals surface area contributed by atoms with Gasteiger partial charge < -0.3 is 4.74 Å². The van der Waals surface area contributed by atoms with Gasteiger partial charge in [0.25, 0.3) is 0 Å². The lowest BCUT2D eigenvalue weighted by molar-refractivity contribution is -0.144. The van der Waals surface area contributed by atoms with Crippen LogP contribution >= 0.6 is 23.2 Å². The molecule has 8 heteroatoms. The lowest BCUT2D eigenvalue weighted by Crippen LogP contribution is -2.39. The Morgan fingerprint density at radius 3 is 2.53 bits per heavy atom. The highest BCUT2D eigenvalue weighted by molar-refractivity contribution is 7.89. The van der Waals surface area contributed by atoms with E-state index in [1.54, 1.807) is 6.92 Å². The highest BCUT2D eigenvalue weighted by atomic mass is 35.5. The molecule has 0 saturated heterocycles. The molecule has 0 spiro atoms. The van der Waals surface area contributed by atoms with Crippen molar-refractivity contribution >= 4 is 39.2 Å². The molecule has 0 radical (unpaired) electrons. The molecule has 0 fully saturated rings. The second kappa shape index (κ2) is 6.56. The van der Waals surface area contributed by atoms with Crippen LogP contribution in [-0.4, -0.2) is 27.0 Å². The van der Waals surface area contributed by atoms with Crippen molar-refractivity contribution in [2.75, 3.05) is 6.61 Å². The number of rotatable bonds is 5. The van der Waals surface area contributed by atoms with Crippen LogP contribution in [0, 0.1) is 0 Å². The largest absolute Gasteiger partial charge is 0.465 e. The maximum Gasteiger partial charge on any atom is 0.323 e. The van der Waals surface area contributed by atoms with Crippen molar-refractivity contribution in [3.05, 3.63) is 28.2 Å². The van der Waals surface area contributed by atoms with Crippen LogP contribution in [0.3, 0.4) is 0 Å². The van der Waals surface area contributed by atoms with Gasteiger partial charge in [-0.1, -0.05) is 23.2 Å². The Morgan fingerprint density at radius 2 is 2.00 bits per heavy atom. The number of halogens is 2. The van der Waals surface area contributed by atoms with Gasteiger partial charge >= 0.3 is 5.97 Å². The molecule has 1 aromatic rings. The van der Waals surface area contributed by atoms with E-state index in [1.807, 2.05) is 0 Å². The third-order valence-corrected chi connectivity index (χ3v) is 4.45. The predicted octanol–water partition coefficient (Wildman–Crippen LogP) is 2.22. The standard InChI is InChI=1S/C11H13Cl2NO4S/c1-3-18-11(15)7(2)14-19(16,17)8-4-5-9(12)10(13)6-8/h4-7,14H,3H2,1-2H3. The first-order valence-electron chi connectivity index (χ1n) is 5.42. The van der Waals surface area contributed by atoms with E-state index < -0.39 is 22.0 Å². The summed E-state index contributed by atoms with van der Waals surface area (Å²) in [4.78, 5) is 11.3. The fourth-order valence-corrected chi connectivity index (χ4v) is 2.84. The molecule has 106 valence electrons. The van der Waals surface area contributed by atoms with Gasteiger partial charge in [-0.05, 0) is 32.0 Å². The van der Waals surface area contributed by atoms with Crippen LogP contribution in [0.25, 0.3) is 0 Å². The number of nitrogens with one attached hydrogen (secondary N) is 1. The van der Waals surface area contributed by atoms with Crippen molar-refractivity contribution in [2.45, 2.75) is 24.8 Å². The molecule has 0 heterocycles. The Morgan fingerprint density at radius 1 is 1.37 bits per heavy atom. The molecule has 5 nitrogen and oxygen atoms in total. The van der Waals surface area contributed by atoms with E-state index in [9.17, 15) is 13.2 Å². The van der Waals surface area contributed by atoms with Crippen LogP contribution in [0.15, 0.2) is 23.1 Å². The highest BCUT2D eigenvalue weighted by Crippen LogP contribution is 2.24. The zero-order chi connectivity index (χ0) is 14.6. The Bertz CT molecular complexity index is 574. The van der Waals surface area contributed by atoms with Crippen molar-refractivity contribution in [2.24, 2.45) is 0 Å². The van der Waals surface area contributed by atoms with Crippen LogP contribution in [-0.2, 0) is 19.6 Å². The maximum atomic E-state index is 12.0. The summed E-state index contributed by atoms with van der Waals surface area (Å²) in [7, 11) is -3.86. The van der Waals surface area contributed by atoms with Crippen molar-refractivity contribution in [3.63, 3.8) is 0 Å². The Labute approximate surface area is 121 Å². The summed E-state index contributed by atoms with van der Waals surface area (Å²) in [5, 5.41) is 0.368. The third kappa shape index (κ3) is 4.35. The molecule has 0 saturated carbocycles. The number of hydrogen-bond acceptors (Lipinski definition) is 4. The molecule has 1 aromatic carbocycles. The minimum Gasteiger partial charge on any atom is -0.465 e. The van der Waals surface area contributed by atoms with E-state index in [4.69, 9.17) is 27.9 Å². The monoisotopic (exact) mass is 325 g/mol. The number of carbonyl (C=O) groups is 1. The third-order valence-electron chi connectivity index (χ3n) is 2.17. The molecular formula is C11H13Cl2NO4S. The quantitative estimate of drug-likeness (QED) is 0.842. The van der Waals surface area contributed by atoms with E-state index in [2.05, 4.69) is 4.72 Å². The van der Waals surface area contributed by atoms with Gasteiger partial charge in [0.15, 0.2) is 0 Å². The zero-order valence-corrected chi connectivity index (χ0v) is 12.6. The summed E-state index contributed by atoms with van der Waals surface area (Å²) in [5.41, 5.74) is 0. The SMILES string of the molecule is CCOC(=O)C(C)NS(=O)(=O)c1ccc(Cl)c(Cl)c1. The minimum atomic E-state index is -3.86. The zero-order valence-electron chi connectivity index (χ0n) is 10.3. The molecule has 1 unspecified atom stereocenters. The molecule has 0 aliphatic carbocycles. The fraction of sp³-hybridized carbons (Fsp3) is 0.364. The van der Waals surface area contributed by atoms with Crippen molar-refractivity contribution in [1.29, 1.82) is 0 Å². The van der Waals surface area contributed by atoms with Crippen LogP contribution in [0.4, 0.5) is 0 Å². The van der Waals surface area contributed by atoms with Gasteiger partial charge in [-0.15, -0.1) is 0 Å². The number of esters is 1. The van der Waals surface area contributed by atoms with Crippen LogP contribution in [0.2, 0.25) is 10.0 Å². The molecule has 0 amide bonds. The molecule has 1 N–H and O–H groups in total. The number of carbonyl (C=O) groups excluding carboxylic acids is 1. The van der Waals surface area contributed by atoms with Gasteiger partial charge in [-0.3, -0.25) is 4.79 Å². The first-order chi connectivity index (χ1) is 8.77. The Hall–Kier alpha value is -0.820. The smallest absolute Gasteiger partial charge is 0.323 e. The molecule has 1 atom stereocenters. The van der Waals surface area contributed by atoms with E-state index >= 15 is 0 Å². The molecule has 1 rings (SSSR count). The van der Waals surface area contributed by atoms with Gasteiger partial charge in [0.1, 0.15) is 6.04 Å². The summed E-state index contributed by atoms with van der Waals surface area (Å²) in [6.45, 7) is 3.21. The van der Waals surface area contributed by atoms with E-state index in [1.165, 1.54) is 25.1 Å². The Kier molecular flexibility index (Phi) is 5.61. The summed E-state index contributed by atoms with van der Waals surface area (Å²) >= 11 is 11.5. The van der Waals surface area contributed by atoms with E-state index in [-0.39, 0.29) is 21.5 Å². The van der Waals surface area contributed by atoms with Crippen molar-refractivity contribution in [3.8, 4) is 0 Å². The lowest BCUT2D eigenvalue weighted by Gasteiger charge is -2.13. The normalized spacial score (nSPS) is 13.1. The second-order valence-corrected chi connectivity index (χ2v) is 6.20. The van der Waals surface area contributed by atoms with Crippen LogP contribution in [0.1, 0.15) is 13.8 Å². The topological polar surface area (TPSA) is 72.5 Å². The molecule has 0 aromatic heterocycles. The Balaban J connectivity index is 2.92. The number of benzene rings is 1. The second-order valence-electron chi connectivity index (χ2n) is 3.67. The highest BCUT2D eigenvalue weighted by Gasteiger charge is 2.23. The molecular weight excluding hydrogens is 313 g/mol. The summed E-state index contributed by atoms with van der Waals surface area (Å²) < 4.78 is 30.9. The van der Waals surface area contributed by atoms with Gasteiger partial charge in [0.2, 0.25) is 10.0 Å². The summed E-state index contributed by atoms with van der Waals surface area (Å²) in [6.07, 6.45) is 0. The van der Waals surface area contributed by atoms with Gasteiger partial charge in [0.05, 0.1) is 21.5 Å². The fourth-order valence-electron chi connectivity index (χ4n) is 1.26. The molecule has 0 bridgehead atoms. The average molecular weight is 326 g/mol. The van der Waals surface area contributed by atoms with Crippen molar-refractivity contribution in [1.82, 2.24) is 4.72 Å². The summed E-state index contributed by atoms with van der Waals surface area (Å²) in [6, 6.07) is 2.89. The average Bonchev–Trinajstić information content (AvgIpc) is 2.32. The molecule has 19 heavy (non-hydrogen) atoms. The van der Waals surface area contributed by atoms with Crippen LogP contribution in [0.5, 0.6) is 0 Å². The van der Waals surface area contributed by atoms with Gasteiger partial charge in [0, 0.05) is 0 Å². The van der Waals surface area contributed by atoms with Gasteiger partial charge in [-0.2, -0.15) is 4.72 Å². The van der Waals surface area contributed by atoms with E-state index in [0.29, 0.717) is 0 Å². The number of hydrogen-bond donors (Lipinski definition) is 1. The molecule has 0 aliphatic rings. The minimum absolute atomic E-state index is 0.0713. The predicted molar refractivity (Wildman–Crippen MR) is 72.9 cm³/mol. The maximum absolute atomic E-state index is 12.0. The molecule has 0 aliphatic heterocycles. The first-order valence-corrected chi connectivity index (χ1v) is 7.66. The van der Waals surface area contributed by atoms with Gasteiger partial charge in [-0.25, -0.2) is 8.42 Å². The lowest BCUT2D eigenvalue weighted by atomic mass is 10.4. The van der Waals surface area contributed by atoms with Crippen LogP contribution < -0.4 is 4.72 Å². The van der Waals surface area contributed by atoms with Crippen molar-refractivity contribution < 1.29 is 17.9 Å².